The van der Waals surface area contributed by atoms with E-state index in [0.29, 0.717) is 14.1 Å². The molecule has 0 unspecified atom stereocenters. The molecule has 0 aliphatic rings. The van der Waals surface area contributed by atoms with Crippen LogP contribution in [0.15, 0.2) is 0 Å². The summed E-state index contributed by atoms with van der Waals surface area (Å²) in [6, 6.07) is 0. The second-order valence-corrected chi connectivity index (χ2v) is 7.27. The minimum Gasteiger partial charge on any atom is -0.633 e. The van der Waals surface area contributed by atoms with Crippen LogP contribution in [0.2, 0.25) is 0 Å². The number of hydrogen-bond acceptors (Lipinski definition) is 1. The molecular formula is C13H10F19NO. The smallest absolute Gasteiger partial charge is 0.460 e. The van der Waals surface area contributed by atoms with E-state index >= 15 is 0 Å². The molecule has 0 aromatic rings. The number of rotatable bonds is 10. The first-order valence-corrected chi connectivity index (χ1v) is 7.84. The van der Waals surface area contributed by atoms with Gasteiger partial charge in [-0.3, -0.25) is 0 Å². The summed E-state index contributed by atoms with van der Waals surface area (Å²) >= 11 is 0. The van der Waals surface area contributed by atoms with Gasteiger partial charge < -0.3 is 9.85 Å². The Morgan fingerprint density at radius 3 is 0.912 bits per heavy atom. The minimum absolute atomic E-state index is 0.387. The summed E-state index contributed by atoms with van der Waals surface area (Å²) < 4.78 is 246. The molecule has 0 heterocycles. The minimum atomic E-state index is -8.94. The Labute approximate surface area is 175 Å². The third-order valence-corrected chi connectivity index (χ3v) is 4.15. The Balaban J connectivity index is 6.77. The van der Waals surface area contributed by atoms with E-state index in [2.05, 4.69) is 0 Å². The normalized spacial score (nSPS) is 16.8. The van der Waals surface area contributed by atoms with Crippen LogP contribution in [-0.4, -0.2) is 78.8 Å². The number of quaternary nitrogens is 1. The van der Waals surface area contributed by atoms with Gasteiger partial charge in [-0.1, -0.05) is 0 Å². The molecule has 206 valence electrons. The Bertz CT molecular complexity index is 731. The van der Waals surface area contributed by atoms with Crippen molar-refractivity contribution in [2.75, 3.05) is 20.6 Å². The number of hydroxylamine groups is 3. The predicted molar refractivity (Wildman–Crippen MR) is 70.6 cm³/mol. The topological polar surface area (TPSA) is 23.1 Å². The summed E-state index contributed by atoms with van der Waals surface area (Å²) in [5.41, 5.74) is 0. The fraction of sp³-hybridized carbons (Fsp3) is 1.00. The number of alkyl halides is 19. The molecule has 0 rings (SSSR count). The lowest BCUT2D eigenvalue weighted by Gasteiger charge is -2.44. The van der Waals surface area contributed by atoms with E-state index < -0.39 is 71.2 Å². The molecule has 34 heavy (non-hydrogen) atoms. The average Bonchev–Trinajstić information content (AvgIpc) is 2.57. The van der Waals surface area contributed by atoms with Crippen LogP contribution in [0.1, 0.15) is 6.42 Å². The first-order valence-electron chi connectivity index (χ1n) is 7.84. The molecule has 0 saturated heterocycles. The molecule has 0 bridgehead atoms. The molecule has 2 nitrogen and oxygen atoms in total. The van der Waals surface area contributed by atoms with Crippen LogP contribution in [0.4, 0.5) is 83.4 Å². The van der Waals surface area contributed by atoms with Crippen LogP contribution in [0.25, 0.3) is 0 Å². The third-order valence-electron chi connectivity index (χ3n) is 4.15. The Morgan fingerprint density at radius 1 is 0.441 bits per heavy atom. The second-order valence-electron chi connectivity index (χ2n) is 7.27. The highest BCUT2D eigenvalue weighted by molar-refractivity contribution is 5.16. The van der Waals surface area contributed by atoms with Gasteiger partial charge in [0.15, 0.2) is 0 Å². The molecule has 21 heteroatoms. The second kappa shape index (κ2) is 8.05. The lowest BCUT2D eigenvalue weighted by molar-refractivity contribution is -0.841. The SMILES string of the molecule is C[N+](C)([O-])CCC(F)(F)C(F)(F)C(F)(F)C(F)(F)C(F)(F)C(F)(F)C(F)(F)C(F)(F)C(F)(F)F. The Hall–Kier alpha value is -1.41. The monoisotopic (exact) mass is 557 g/mol. The van der Waals surface area contributed by atoms with Gasteiger partial charge in [-0.25, -0.2) is 0 Å². The molecule has 0 aliphatic carbocycles. The van der Waals surface area contributed by atoms with Gasteiger partial charge in [0.1, 0.15) is 0 Å². The molecule has 0 spiro atoms. The Morgan fingerprint density at radius 2 is 0.676 bits per heavy atom. The zero-order valence-electron chi connectivity index (χ0n) is 16.0. The highest BCUT2D eigenvalue weighted by atomic mass is 19.4. The molecule has 0 aromatic carbocycles. The number of halogens is 19. The summed E-state index contributed by atoms with van der Waals surface area (Å²) in [6.07, 6.45) is -10.7. The van der Waals surface area contributed by atoms with Crippen molar-refractivity contribution in [3.8, 4) is 0 Å². The molecule has 0 atom stereocenters. The summed E-state index contributed by atoms with van der Waals surface area (Å²) in [6.45, 7) is -1.84. The fourth-order valence-corrected chi connectivity index (χ4v) is 1.96. The third kappa shape index (κ3) is 4.45. The van der Waals surface area contributed by atoms with Gasteiger partial charge >= 0.3 is 53.6 Å². The zero-order valence-corrected chi connectivity index (χ0v) is 16.0. The van der Waals surface area contributed by atoms with E-state index in [4.69, 9.17) is 0 Å². The zero-order chi connectivity index (χ0) is 28.4. The molecule has 0 aromatic heterocycles. The largest absolute Gasteiger partial charge is 0.633 e. The summed E-state index contributed by atoms with van der Waals surface area (Å²) in [4.78, 5) is 0. The average molecular weight is 557 g/mol. The van der Waals surface area contributed by atoms with Gasteiger partial charge in [0.2, 0.25) is 0 Å². The van der Waals surface area contributed by atoms with E-state index in [9.17, 15) is 88.6 Å². The van der Waals surface area contributed by atoms with E-state index in [1.54, 1.807) is 0 Å². The van der Waals surface area contributed by atoms with E-state index in [1.165, 1.54) is 0 Å². The summed E-state index contributed by atoms with van der Waals surface area (Å²) in [7, 11) is 0.775. The number of hydrogen-bond donors (Lipinski definition) is 0. The number of nitrogens with zero attached hydrogens (tertiary/aromatic N) is 1. The maximum Gasteiger partial charge on any atom is 0.460 e. The maximum absolute atomic E-state index is 13.5. The molecule has 0 N–H and O–H groups in total. The molecule has 0 aliphatic heterocycles. The highest BCUT2D eigenvalue weighted by Crippen LogP contribution is 2.65. The lowest BCUT2D eigenvalue weighted by Crippen LogP contribution is -2.75. The van der Waals surface area contributed by atoms with Crippen molar-refractivity contribution in [2.24, 2.45) is 0 Å². The summed E-state index contributed by atoms with van der Waals surface area (Å²) in [5, 5.41) is 11.1. The van der Waals surface area contributed by atoms with E-state index in [0.717, 1.165) is 0 Å². The van der Waals surface area contributed by atoms with Crippen molar-refractivity contribution in [1.29, 1.82) is 0 Å². The van der Waals surface area contributed by atoms with Gasteiger partial charge in [0.05, 0.1) is 27.1 Å². The van der Waals surface area contributed by atoms with E-state index in [1.807, 2.05) is 0 Å². The van der Waals surface area contributed by atoms with Gasteiger partial charge in [-0.15, -0.1) is 0 Å². The van der Waals surface area contributed by atoms with Gasteiger partial charge in [-0.2, -0.15) is 83.4 Å². The predicted octanol–water partition coefficient (Wildman–Crippen LogP) is 6.60. The molecule has 0 amide bonds. The molecule has 0 fully saturated rings. The van der Waals surface area contributed by atoms with Crippen LogP contribution in [-0.2, 0) is 0 Å². The molecule has 0 radical (unpaired) electrons. The molecular weight excluding hydrogens is 547 g/mol. The van der Waals surface area contributed by atoms with Gasteiger partial charge in [0.25, 0.3) is 0 Å². The van der Waals surface area contributed by atoms with Gasteiger partial charge in [0, 0.05) is 0 Å². The summed E-state index contributed by atoms with van der Waals surface area (Å²) in [5.74, 6) is -66.7. The van der Waals surface area contributed by atoms with Crippen LogP contribution >= 0.6 is 0 Å². The highest BCUT2D eigenvalue weighted by Gasteiger charge is 2.96. The van der Waals surface area contributed by atoms with Crippen LogP contribution in [0, 0.1) is 5.21 Å². The van der Waals surface area contributed by atoms with Crippen molar-refractivity contribution in [3.05, 3.63) is 5.21 Å². The van der Waals surface area contributed by atoms with Crippen molar-refractivity contribution in [1.82, 2.24) is 0 Å². The van der Waals surface area contributed by atoms with Crippen molar-refractivity contribution in [3.63, 3.8) is 0 Å². The van der Waals surface area contributed by atoms with Crippen LogP contribution in [0.5, 0.6) is 0 Å². The maximum atomic E-state index is 13.5. The fourth-order valence-electron chi connectivity index (χ4n) is 1.96. The standard InChI is InChI=1S/C13H10F19NO/c1-33(2,34)4-3-5(14,15)6(16,17)7(18,19)8(20,21)9(22,23)10(24,25)11(26,27)12(28,29)13(30,31)32/h3-4H2,1-2H3. The first kappa shape index (κ1) is 32.6. The van der Waals surface area contributed by atoms with Gasteiger partial charge in [-0.05, 0) is 0 Å². The molecule has 0 saturated carbocycles. The van der Waals surface area contributed by atoms with Crippen molar-refractivity contribution < 1.29 is 88.1 Å². The van der Waals surface area contributed by atoms with Crippen LogP contribution in [0.3, 0.4) is 0 Å². The van der Waals surface area contributed by atoms with Crippen LogP contribution < -0.4 is 0 Å². The Kier molecular flexibility index (Phi) is 7.72. The first-order chi connectivity index (χ1) is 14.2. The van der Waals surface area contributed by atoms with E-state index in [-0.39, 0.29) is 0 Å². The quantitative estimate of drug-likeness (QED) is 0.169. The lowest BCUT2D eigenvalue weighted by atomic mass is 9.87. The van der Waals surface area contributed by atoms with Crippen molar-refractivity contribution >= 4 is 0 Å². The van der Waals surface area contributed by atoms with Crippen molar-refractivity contribution in [2.45, 2.75) is 60.0 Å².